The van der Waals surface area contributed by atoms with E-state index in [-0.39, 0.29) is 55.9 Å². The Morgan fingerprint density at radius 1 is 1.00 bits per heavy atom. The number of carbonyl (C=O) groups excluding carboxylic acids is 2. The molecule has 3 heterocycles. The minimum absolute atomic E-state index is 0.128. The maximum Gasteiger partial charge on any atom is 0.311 e. The van der Waals surface area contributed by atoms with Gasteiger partial charge in [-0.25, -0.2) is 0 Å². The zero-order chi connectivity index (χ0) is 44.8. The van der Waals surface area contributed by atoms with Gasteiger partial charge in [0.2, 0.25) is 5.91 Å². The lowest BCUT2D eigenvalue weighted by Gasteiger charge is -2.48. The number of esters is 1. The van der Waals surface area contributed by atoms with Gasteiger partial charge in [-0.3, -0.25) is 9.59 Å². The second-order valence-corrected chi connectivity index (χ2v) is 18.8. The van der Waals surface area contributed by atoms with E-state index in [0.717, 1.165) is 0 Å². The molecule has 16 heteroatoms. The Bertz CT molecular complexity index is 1320. The molecule has 0 radical (unpaired) electrons. The standard InChI is InChI=1S/C43H81N3O13/c1-16-32-43(11,52)38(54-19-17-18-44-30(8)47)28(6)46(14)23-24(2)21-41(9,51)37(59-40-34(48)31(45(12)13)20-25(3)55-40)26(4)35(27(5)39(50)57-32)58-33-22-42(10,53-15)36(49)29(7)56-33/h24-29,31-38,40,48-49,51-52H,16-23H2,1-15H3,(H,44,47)/t24-,25-,26+,27-,28-,29+,31+,32-,33+,34-,35+,36+,37-,38-,40+,41-,42-,43-/m1/s1. The van der Waals surface area contributed by atoms with Gasteiger partial charge < -0.3 is 68.7 Å². The Hall–Kier alpha value is -1.54. The van der Waals surface area contributed by atoms with E-state index in [2.05, 4.69) is 10.2 Å². The fraction of sp³-hybridized carbons (Fsp3) is 0.953. The number of aliphatic hydroxyl groups is 4. The van der Waals surface area contributed by atoms with Crippen LogP contribution in [0, 0.1) is 17.8 Å². The zero-order valence-electron chi connectivity index (χ0n) is 38.7. The Balaban J connectivity index is 2.17. The molecular formula is C43H81N3O13. The Kier molecular flexibility index (Phi) is 19.1. The van der Waals surface area contributed by atoms with Crippen molar-refractivity contribution in [3.8, 4) is 0 Å². The van der Waals surface area contributed by atoms with Gasteiger partial charge in [0.1, 0.15) is 30.0 Å². The second-order valence-electron chi connectivity index (χ2n) is 18.8. The molecule has 16 nitrogen and oxygen atoms in total. The molecule has 0 aliphatic carbocycles. The third-order valence-electron chi connectivity index (χ3n) is 13.2. The Morgan fingerprint density at radius 2 is 1.64 bits per heavy atom. The summed E-state index contributed by atoms with van der Waals surface area (Å²) >= 11 is 0. The monoisotopic (exact) mass is 848 g/mol. The Labute approximate surface area is 353 Å². The van der Waals surface area contributed by atoms with Crippen LogP contribution in [0.3, 0.4) is 0 Å². The first kappa shape index (κ1) is 51.8. The molecule has 5 N–H and O–H groups in total. The van der Waals surface area contributed by atoms with E-state index >= 15 is 0 Å². The topological polar surface area (TPSA) is 198 Å². The minimum atomic E-state index is -1.67. The summed E-state index contributed by atoms with van der Waals surface area (Å²) in [6.45, 7) is 20.6. The van der Waals surface area contributed by atoms with Crippen molar-refractivity contribution in [1.29, 1.82) is 0 Å². The summed E-state index contributed by atoms with van der Waals surface area (Å²) in [5.41, 5.74) is -4.27. The fourth-order valence-electron chi connectivity index (χ4n) is 9.57. The SMILES string of the molecule is CC[C@H]1OC(=O)[C@H](C)[C@@H](O[C@H]2C[C@@](C)(OC)[C@@H](O)[C@H](C)O2)[C@H](C)[C@@H](O[C@@H]2O[C@H](C)C[C@H](N(C)C)[C@H]2O)[C@](C)(O)C[C@@H](C)CN(C)[C@H](C)[C@@H](OCCCNC(C)=O)[C@]1(C)O. The smallest absolute Gasteiger partial charge is 0.311 e. The van der Waals surface area contributed by atoms with Gasteiger partial charge in [-0.1, -0.05) is 20.8 Å². The number of ether oxygens (including phenoxy) is 7. The summed E-state index contributed by atoms with van der Waals surface area (Å²) in [6, 6.07) is -0.669. The van der Waals surface area contributed by atoms with Crippen molar-refractivity contribution in [3.63, 3.8) is 0 Å². The molecule has 3 aliphatic rings. The first-order valence-corrected chi connectivity index (χ1v) is 21.7. The molecule has 0 saturated carbocycles. The normalized spacial score (nSPS) is 45.0. The van der Waals surface area contributed by atoms with Gasteiger partial charge in [0.15, 0.2) is 12.6 Å². The highest BCUT2D eigenvalue weighted by molar-refractivity contribution is 5.73. The molecule has 18 atom stereocenters. The average molecular weight is 848 g/mol. The van der Waals surface area contributed by atoms with E-state index in [1.165, 1.54) is 14.0 Å². The summed E-state index contributed by atoms with van der Waals surface area (Å²) in [5.74, 6) is -2.71. The summed E-state index contributed by atoms with van der Waals surface area (Å²) in [6.07, 6.45) is -7.23. The number of nitrogens with one attached hydrogen (secondary N) is 1. The highest BCUT2D eigenvalue weighted by Crippen LogP contribution is 2.40. The lowest BCUT2D eigenvalue weighted by Crippen LogP contribution is -2.60. The van der Waals surface area contributed by atoms with Crippen LogP contribution in [0.15, 0.2) is 0 Å². The van der Waals surface area contributed by atoms with E-state index in [9.17, 15) is 30.0 Å². The summed E-state index contributed by atoms with van der Waals surface area (Å²) in [4.78, 5) is 30.1. The maximum atomic E-state index is 14.6. The van der Waals surface area contributed by atoms with Crippen LogP contribution in [0.1, 0.15) is 108 Å². The van der Waals surface area contributed by atoms with Gasteiger partial charge >= 0.3 is 5.97 Å². The van der Waals surface area contributed by atoms with Crippen molar-refractivity contribution >= 4 is 11.9 Å². The van der Waals surface area contributed by atoms with E-state index in [4.69, 9.17) is 33.2 Å². The van der Waals surface area contributed by atoms with Crippen molar-refractivity contribution in [3.05, 3.63) is 0 Å². The number of cyclic esters (lactones) is 1. The third kappa shape index (κ3) is 13.0. The number of nitrogens with zero attached hydrogens (tertiary/aromatic N) is 2. The summed E-state index contributed by atoms with van der Waals surface area (Å²) in [7, 11) is 7.22. The number of aliphatic hydroxyl groups excluding tert-OH is 2. The van der Waals surface area contributed by atoms with Gasteiger partial charge in [-0.15, -0.1) is 0 Å². The van der Waals surface area contributed by atoms with Crippen LogP contribution >= 0.6 is 0 Å². The van der Waals surface area contributed by atoms with Crippen LogP contribution in [0.2, 0.25) is 0 Å². The molecule has 59 heavy (non-hydrogen) atoms. The van der Waals surface area contributed by atoms with Crippen molar-refractivity contribution in [2.75, 3.05) is 47.9 Å². The molecule has 0 aromatic heterocycles. The van der Waals surface area contributed by atoms with E-state index in [1.54, 1.807) is 34.6 Å². The minimum Gasteiger partial charge on any atom is -0.459 e. The number of likely N-dealkylation sites (N-methyl/N-ethyl adjacent to an activating group) is 2. The van der Waals surface area contributed by atoms with Crippen molar-refractivity contribution in [2.24, 2.45) is 17.8 Å². The second kappa shape index (κ2) is 21.7. The summed E-state index contributed by atoms with van der Waals surface area (Å²) in [5, 5.41) is 50.5. The quantitative estimate of drug-likeness (QED) is 0.142. The number of methoxy groups -OCH3 is 1. The molecule has 0 spiro atoms. The molecule has 3 aliphatic heterocycles. The van der Waals surface area contributed by atoms with Crippen LogP contribution in [-0.4, -0.2) is 180 Å². The van der Waals surface area contributed by atoms with Gasteiger partial charge in [-0.2, -0.15) is 0 Å². The largest absolute Gasteiger partial charge is 0.459 e. The van der Waals surface area contributed by atoms with Gasteiger partial charge in [0, 0.05) is 58.2 Å². The number of carbonyl (C=O) groups is 2. The van der Waals surface area contributed by atoms with Crippen LogP contribution in [0.5, 0.6) is 0 Å². The predicted molar refractivity (Wildman–Crippen MR) is 221 cm³/mol. The molecule has 0 bridgehead atoms. The number of hydrogen-bond donors (Lipinski definition) is 5. The molecule has 3 rings (SSSR count). The van der Waals surface area contributed by atoms with Crippen molar-refractivity contribution in [2.45, 2.75) is 199 Å². The zero-order valence-corrected chi connectivity index (χ0v) is 38.7. The van der Waals surface area contributed by atoms with E-state index in [0.29, 0.717) is 25.9 Å². The fourth-order valence-corrected chi connectivity index (χ4v) is 9.57. The van der Waals surface area contributed by atoms with Crippen LogP contribution < -0.4 is 5.32 Å². The van der Waals surface area contributed by atoms with Crippen molar-refractivity contribution < 1.29 is 63.2 Å². The van der Waals surface area contributed by atoms with Crippen LogP contribution in [0.25, 0.3) is 0 Å². The molecule has 346 valence electrons. The van der Waals surface area contributed by atoms with Crippen LogP contribution in [0.4, 0.5) is 0 Å². The molecule has 0 unspecified atom stereocenters. The summed E-state index contributed by atoms with van der Waals surface area (Å²) < 4.78 is 44.5. The lowest BCUT2D eigenvalue weighted by molar-refractivity contribution is -0.318. The highest BCUT2D eigenvalue weighted by atomic mass is 16.7. The predicted octanol–water partition coefficient (Wildman–Crippen LogP) is 2.45. The lowest BCUT2D eigenvalue weighted by atomic mass is 9.77. The van der Waals surface area contributed by atoms with Gasteiger partial charge in [0.05, 0.1) is 41.5 Å². The molecular weight excluding hydrogens is 766 g/mol. The van der Waals surface area contributed by atoms with Gasteiger partial charge in [-0.05, 0) is 101 Å². The number of amides is 1. The molecule has 3 saturated heterocycles. The third-order valence-corrected chi connectivity index (χ3v) is 13.2. The average Bonchev–Trinajstić information content (AvgIpc) is 3.14. The van der Waals surface area contributed by atoms with Crippen LogP contribution in [-0.2, 0) is 42.7 Å². The first-order chi connectivity index (χ1) is 27.3. The molecule has 1 amide bonds. The maximum absolute atomic E-state index is 14.6. The number of hydrogen-bond acceptors (Lipinski definition) is 15. The van der Waals surface area contributed by atoms with Crippen molar-refractivity contribution in [1.82, 2.24) is 15.1 Å². The van der Waals surface area contributed by atoms with E-state index < -0.39 is 89.9 Å². The van der Waals surface area contributed by atoms with Gasteiger partial charge in [0.25, 0.3) is 0 Å². The molecule has 3 fully saturated rings. The Morgan fingerprint density at radius 3 is 2.22 bits per heavy atom. The first-order valence-electron chi connectivity index (χ1n) is 21.7. The number of rotatable bonds is 12. The molecule has 0 aromatic carbocycles. The molecule has 0 aromatic rings. The van der Waals surface area contributed by atoms with E-state index in [1.807, 2.05) is 60.7 Å². The highest BCUT2D eigenvalue weighted by Gasteiger charge is 2.53.